The Morgan fingerprint density at radius 1 is 1.05 bits per heavy atom. The number of anilines is 1. The Morgan fingerprint density at radius 3 is 2.25 bits per heavy atom. The van der Waals surface area contributed by atoms with E-state index in [1.165, 1.54) is 17.0 Å². The van der Waals surface area contributed by atoms with E-state index in [2.05, 4.69) is 0 Å². The van der Waals surface area contributed by atoms with E-state index in [1.807, 2.05) is 6.07 Å². The van der Waals surface area contributed by atoms with Gasteiger partial charge in [-0.25, -0.2) is 8.78 Å². The van der Waals surface area contributed by atoms with E-state index in [4.69, 9.17) is 23.2 Å². The smallest absolute Gasteiger partial charge is 0.149 e. The summed E-state index contributed by atoms with van der Waals surface area (Å²) in [5.74, 6) is -1.16. The highest BCUT2D eigenvalue weighted by atomic mass is 35.5. The number of hydrogen-bond donors (Lipinski definition) is 0. The molecule has 0 amide bonds. The molecule has 1 nitrogen and oxygen atoms in total. The van der Waals surface area contributed by atoms with Crippen molar-refractivity contribution >= 4 is 28.9 Å². The van der Waals surface area contributed by atoms with Crippen LogP contribution in [0.25, 0.3) is 0 Å². The zero-order valence-corrected chi connectivity index (χ0v) is 12.3. The maximum atomic E-state index is 14.0. The summed E-state index contributed by atoms with van der Waals surface area (Å²) in [7, 11) is 1.63. The lowest BCUT2D eigenvalue weighted by atomic mass is 10.1. The van der Waals surface area contributed by atoms with Crippen LogP contribution in [0.3, 0.4) is 0 Å². The Bertz CT molecular complexity index is 594. The standard InChI is InChI=1S/C15H13Cl2F2N/c1-20(9-10-3-2-4-12(17)5-10)15-13(18)6-11(8-16)7-14(15)19/h2-7H,8-9H2,1H3. The van der Waals surface area contributed by atoms with Gasteiger partial charge in [0.25, 0.3) is 0 Å². The number of halogens is 4. The molecule has 0 aliphatic carbocycles. The minimum absolute atomic E-state index is 0.0705. The van der Waals surface area contributed by atoms with Crippen LogP contribution in [-0.4, -0.2) is 7.05 Å². The average Bonchev–Trinajstić information content (AvgIpc) is 2.37. The molecule has 0 radical (unpaired) electrons. The summed E-state index contributed by atoms with van der Waals surface area (Å²) in [5, 5.41) is 0.592. The quantitative estimate of drug-likeness (QED) is 0.718. The second kappa shape index (κ2) is 6.42. The summed E-state index contributed by atoms with van der Waals surface area (Å²) >= 11 is 11.5. The van der Waals surface area contributed by atoms with Gasteiger partial charge in [-0.15, -0.1) is 11.6 Å². The van der Waals surface area contributed by atoms with Crippen LogP contribution in [0.2, 0.25) is 5.02 Å². The summed E-state index contributed by atoms with van der Waals surface area (Å²) in [6, 6.07) is 9.67. The molecule has 2 aromatic rings. The molecule has 0 saturated carbocycles. The summed E-state index contributed by atoms with van der Waals surface area (Å²) in [5.41, 5.74) is 1.22. The van der Waals surface area contributed by atoms with E-state index in [0.29, 0.717) is 17.1 Å². The minimum atomic E-state index is -0.620. The van der Waals surface area contributed by atoms with Gasteiger partial charge < -0.3 is 4.90 Å². The highest BCUT2D eigenvalue weighted by molar-refractivity contribution is 6.30. The Labute approximate surface area is 126 Å². The maximum Gasteiger partial charge on any atom is 0.149 e. The SMILES string of the molecule is CN(Cc1cccc(Cl)c1)c1c(F)cc(CCl)cc1F. The van der Waals surface area contributed by atoms with Gasteiger partial charge in [0.15, 0.2) is 0 Å². The molecule has 0 aliphatic heterocycles. The monoisotopic (exact) mass is 315 g/mol. The Kier molecular flexibility index (Phi) is 4.84. The summed E-state index contributed by atoms with van der Waals surface area (Å²) in [6.07, 6.45) is 0. The molecule has 0 atom stereocenters. The number of benzene rings is 2. The van der Waals surface area contributed by atoms with Crippen molar-refractivity contribution < 1.29 is 8.78 Å². The van der Waals surface area contributed by atoms with E-state index in [9.17, 15) is 8.78 Å². The first-order valence-electron chi connectivity index (χ1n) is 6.00. The Morgan fingerprint density at radius 2 is 1.70 bits per heavy atom. The molecule has 106 valence electrons. The zero-order valence-electron chi connectivity index (χ0n) is 10.8. The predicted octanol–water partition coefficient (Wildman–Crippen LogP) is 4.99. The van der Waals surface area contributed by atoms with E-state index in [-0.39, 0.29) is 11.6 Å². The van der Waals surface area contributed by atoms with E-state index in [0.717, 1.165) is 5.56 Å². The molecule has 0 fully saturated rings. The van der Waals surface area contributed by atoms with Crippen molar-refractivity contribution in [2.75, 3.05) is 11.9 Å². The average molecular weight is 316 g/mol. The topological polar surface area (TPSA) is 3.24 Å². The minimum Gasteiger partial charge on any atom is -0.366 e. The van der Waals surface area contributed by atoms with Crippen LogP contribution < -0.4 is 4.90 Å². The van der Waals surface area contributed by atoms with Crippen molar-refractivity contribution in [1.29, 1.82) is 0 Å². The molecular formula is C15H13Cl2F2N. The van der Waals surface area contributed by atoms with Crippen LogP contribution in [0, 0.1) is 11.6 Å². The lowest BCUT2D eigenvalue weighted by Gasteiger charge is -2.21. The van der Waals surface area contributed by atoms with Gasteiger partial charge in [0.2, 0.25) is 0 Å². The molecule has 0 unspecified atom stereocenters. The molecule has 0 aliphatic rings. The first kappa shape index (κ1) is 15.1. The molecule has 2 rings (SSSR count). The van der Waals surface area contributed by atoms with Crippen LogP contribution in [-0.2, 0) is 12.4 Å². The third-order valence-corrected chi connectivity index (χ3v) is 3.47. The number of rotatable bonds is 4. The third-order valence-electron chi connectivity index (χ3n) is 2.92. The first-order valence-corrected chi connectivity index (χ1v) is 6.92. The van der Waals surface area contributed by atoms with Gasteiger partial charge >= 0.3 is 0 Å². The van der Waals surface area contributed by atoms with Gasteiger partial charge in [-0.1, -0.05) is 23.7 Å². The van der Waals surface area contributed by atoms with Crippen LogP contribution in [0.4, 0.5) is 14.5 Å². The van der Waals surface area contributed by atoms with Gasteiger partial charge in [-0.3, -0.25) is 0 Å². The van der Waals surface area contributed by atoms with Crippen molar-refractivity contribution in [3.05, 3.63) is 64.2 Å². The van der Waals surface area contributed by atoms with Crippen LogP contribution >= 0.6 is 23.2 Å². The van der Waals surface area contributed by atoms with E-state index < -0.39 is 11.6 Å². The fourth-order valence-corrected chi connectivity index (χ4v) is 2.42. The van der Waals surface area contributed by atoms with E-state index in [1.54, 1.807) is 25.2 Å². The number of nitrogens with zero attached hydrogens (tertiary/aromatic N) is 1. The summed E-state index contributed by atoms with van der Waals surface area (Å²) in [6.45, 7) is 0.356. The molecule has 0 spiro atoms. The second-order valence-corrected chi connectivity index (χ2v) is 5.23. The van der Waals surface area contributed by atoms with Gasteiger partial charge in [-0.05, 0) is 35.4 Å². The van der Waals surface area contributed by atoms with Crippen molar-refractivity contribution in [3.8, 4) is 0 Å². The molecule has 0 bridgehead atoms. The highest BCUT2D eigenvalue weighted by Crippen LogP contribution is 2.26. The van der Waals surface area contributed by atoms with Crippen molar-refractivity contribution in [2.45, 2.75) is 12.4 Å². The molecule has 0 N–H and O–H groups in total. The molecule has 2 aromatic carbocycles. The van der Waals surface area contributed by atoms with Gasteiger partial charge in [0, 0.05) is 24.5 Å². The largest absolute Gasteiger partial charge is 0.366 e. The van der Waals surface area contributed by atoms with Crippen LogP contribution in [0.15, 0.2) is 36.4 Å². The first-order chi connectivity index (χ1) is 9.51. The summed E-state index contributed by atoms with van der Waals surface area (Å²) in [4.78, 5) is 1.51. The molecule has 5 heteroatoms. The summed E-state index contributed by atoms with van der Waals surface area (Å²) < 4.78 is 27.9. The lowest BCUT2D eigenvalue weighted by Crippen LogP contribution is -2.19. The Hall–Kier alpha value is -1.32. The fourth-order valence-electron chi connectivity index (χ4n) is 2.05. The molecule has 0 heterocycles. The number of hydrogen-bond acceptors (Lipinski definition) is 1. The fraction of sp³-hybridized carbons (Fsp3) is 0.200. The van der Waals surface area contributed by atoms with Crippen molar-refractivity contribution in [2.24, 2.45) is 0 Å². The molecular weight excluding hydrogens is 303 g/mol. The number of alkyl halides is 1. The van der Waals surface area contributed by atoms with Gasteiger partial charge in [-0.2, -0.15) is 0 Å². The molecule has 0 saturated heterocycles. The zero-order chi connectivity index (χ0) is 14.7. The van der Waals surface area contributed by atoms with Crippen molar-refractivity contribution in [3.63, 3.8) is 0 Å². The van der Waals surface area contributed by atoms with E-state index >= 15 is 0 Å². The maximum absolute atomic E-state index is 14.0. The van der Waals surface area contributed by atoms with Gasteiger partial charge in [0.1, 0.15) is 17.3 Å². The Balaban J connectivity index is 2.27. The van der Waals surface area contributed by atoms with Crippen LogP contribution in [0.5, 0.6) is 0 Å². The highest BCUT2D eigenvalue weighted by Gasteiger charge is 2.15. The lowest BCUT2D eigenvalue weighted by molar-refractivity contribution is 0.574. The second-order valence-electron chi connectivity index (χ2n) is 4.53. The predicted molar refractivity (Wildman–Crippen MR) is 79.5 cm³/mol. The molecule has 0 aromatic heterocycles. The normalized spacial score (nSPS) is 10.7. The van der Waals surface area contributed by atoms with Crippen molar-refractivity contribution in [1.82, 2.24) is 0 Å². The third kappa shape index (κ3) is 3.41. The molecule has 20 heavy (non-hydrogen) atoms. The van der Waals surface area contributed by atoms with Gasteiger partial charge in [0.05, 0.1) is 0 Å². The van der Waals surface area contributed by atoms with Crippen LogP contribution in [0.1, 0.15) is 11.1 Å².